The van der Waals surface area contributed by atoms with E-state index in [-0.39, 0.29) is 0 Å². The Morgan fingerprint density at radius 2 is 2.00 bits per heavy atom. The molecule has 0 spiro atoms. The summed E-state index contributed by atoms with van der Waals surface area (Å²) < 4.78 is 11.3. The van der Waals surface area contributed by atoms with E-state index < -0.39 is 0 Å². The Kier molecular flexibility index (Phi) is 5.63. The number of hydrogen-bond acceptors (Lipinski definition) is 7. The van der Waals surface area contributed by atoms with Gasteiger partial charge in [0, 0.05) is 30.5 Å². The molecule has 1 atom stereocenters. The minimum atomic E-state index is 0.451. The lowest BCUT2D eigenvalue weighted by Crippen LogP contribution is -2.29. The molecule has 1 aromatic carbocycles. The number of benzene rings is 1. The average molecular weight is 377 g/mol. The first kappa shape index (κ1) is 18.2. The molecule has 0 radical (unpaired) electrons. The molecule has 0 aliphatic carbocycles. The van der Waals surface area contributed by atoms with Crippen molar-refractivity contribution in [2.45, 2.75) is 18.9 Å². The highest BCUT2D eigenvalue weighted by Gasteiger charge is 2.16. The van der Waals surface area contributed by atoms with Crippen LogP contribution < -0.4 is 20.1 Å². The van der Waals surface area contributed by atoms with E-state index in [0.29, 0.717) is 23.5 Å². The number of pyridine rings is 1. The van der Waals surface area contributed by atoms with E-state index in [1.165, 1.54) is 6.42 Å². The molecule has 0 saturated carbocycles. The summed E-state index contributed by atoms with van der Waals surface area (Å²) in [5, 5.41) is 6.90. The Morgan fingerprint density at radius 3 is 2.71 bits per heavy atom. The second kappa shape index (κ2) is 8.67. The van der Waals surface area contributed by atoms with Gasteiger partial charge in [0.25, 0.3) is 0 Å². The highest BCUT2D eigenvalue weighted by Crippen LogP contribution is 2.30. The lowest BCUT2D eigenvalue weighted by atomic mass is 10.2. The van der Waals surface area contributed by atoms with Crippen LogP contribution >= 0.6 is 0 Å². The molecule has 0 unspecified atom stereocenters. The summed E-state index contributed by atoms with van der Waals surface area (Å²) in [5.74, 6) is 2.51. The number of nitrogens with one attached hydrogen (secondary N) is 2. The van der Waals surface area contributed by atoms with Crippen molar-refractivity contribution in [2.75, 3.05) is 25.5 Å². The normalized spacial score (nSPS) is 16.0. The summed E-state index contributed by atoms with van der Waals surface area (Å²) in [6.45, 7) is 1.87. The number of aromatic nitrogens is 3. The van der Waals surface area contributed by atoms with E-state index in [2.05, 4.69) is 25.6 Å². The number of anilines is 1. The lowest BCUT2D eigenvalue weighted by molar-refractivity contribution is 0.412. The summed E-state index contributed by atoms with van der Waals surface area (Å²) in [4.78, 5) is 13.3. The molecule has 144 valence electrons. The maximum absolute atomic E-state index is 6.08. The molecule has 1 aliphatic rings. The molecule has 1 saturated heterocycles. The molecule has 3 aromatic rings. The van der Waals surface area contributed by atoms with Crippen LogP contribution in [0.15, 0.2) is 55.0 Å². The third kappa shape index (κ3) is 4.37. The number of rotatable bonds is 7. The topological polar surface area (TPSA) is 81.2 Å². The monoisotopic (exact) mass is 377 g/mol. The van der Waals surface area contributed by atoms with Crippen molar-refractivity contribution in [3.63, 3.8) is 0 Å². The van der Waals surface area contributed by atoms with Crippen molar-refractivity contribution in [3.8, 4) is 28.8 Å². The fourth-order valence-electron chi connectivity index (χ4n) is 3.12. The molecule has 7 nitrogen and oxygen atoms in total. The van der Waals surface area contributed by atoms with E-state index >= 15 is 0 Å². The van der Waals surface area contributed by atoms with Gasteiger partial charge in [0.15, 0.2) is 5.82 Å². The van der Waals surface area contributed by atoms with Crippen LogP contribution in [0.1, 0.15) is 12.8 Å². The standard InChI is InChI=1S/C21H23N5O2/c1-27-17-6-8-18(9-7-17)28-21-19(24-13-16-5-3-11-23-16)14-25-20(26-21)15-4-2-10-22-12-15/h2,4,6-10,12,14,16,23-24H,3,5,11,13H2,1H3/t16-/m0/s1. The summed E-state index contributed by atoms with van der Waals surface area (Å²) in [6.07, 6.45) is 7.60. The molecule has 28 heavy (non-hydrogen) atoms. The van der Waals surface area contributed by atoms with Crippen molar-refractivity contribution in [1.29, 1.82) is 0 Å². The van der Waals surface area contributed by atoms with Crippen molar-refractivity contribution in [3.05, 3.63) is 55.0 Å². The Hall–Kier alpha value is -3.19. The fraction of sp³-hybridized carbons (Fsp3) is 0.286. The largest absolute Gasteiger partial charge is 0.497 e. The van der Waals surface area contributed by atoms with Gasteiger partial charge in [-0.3, -0.25) is 4.98 Å². The van der Waals surface area contributed by atoms with Gasteiger partial charge in [-0.05, 0) is 55.8 Å². The molecule has 0 amide bonds. The third-order valence-corrected chi connectivity index (χ3v) is 4.65. The molecule has 2 aromatic heterocycles. The fourth-order valence-corrected chi connectivity index (χ4v) is 3.12. The number of nitrogens with zero attached hydrogens (tertiary/aromatic N) is 3. The van der Waals surface area contributed by atoms with E-state index in [0.717, 1.165) is 36.5 Å². The SMILES string of the molecule is COc1ccc(Oc2nc(-c3cccnc3)ncc2NC[C@@H]2CCCN2)cc1. The van der Waals surface area contributed by atoms with Gasteiger partial charge in [-0.25, -0.2) is 4.98 Å². The molecule has 3 heterocycles. The molecule has 1 aliphatic heterocycles. The summed E-state index contributed by atoms with van der Waals surface area (Å²) in [5.41, 5.74) is 1.60. The first-order valence-corrected chi connectivity index (χ1v) is 9.38. The molecule has 4 rings (SSSR count). The van der Waals surface area contributed by atoms with E-state index in [1.54, 1.807) is 25.7 Å². The molecular formula is C21H23N5O2. The second-order valence-corrected chi connectivity index (χ2v) is 6.61. The van der Waals surface area contributed by atoms with E-state index in [4.69, 9.17) is 9.47 Å². The van der Waals surface area contributed by atoms with Crippen LogP contribution in [-0.2, 0) is 0 Å². The molecule has 0 bridgehead atoms. The molecular weight excluding hydrogens is 354 g/mol. The summed E-state index contributed by atoms with van der Waals surface area (Å²) in [6, 6.07) is 11.7. The zero-order valence-corrected chi connectivity index (χ0v) is 15.8. The van der Waals surface area contributed by atoms with Crippen molar-refractivity contribution >= 4 is 5.69 Å². The number of hydrogen-bond donors (Lipinski definition) is 2. The quantitative estimate of drug-likeness (QED) is 0.652. The van der Waals surface area contributed by atoms with Crippen molar-refractivity contribution in [2.24, 2.45) is 0 Å². The third-order valence-electron chi connectivity index (χ3n) is 4.65. The van der Waals surface area contributed by atoms with Gasteiger partial charge in [0.05, 0.1) is 13.3 Å². The zero-order valence-electron chi connectivity index (χ0n) is 15.8. The first-order chi connectivity index (χ1) is 13.8. The van der Waals surface area contributed by atoms with Crippen LogP contribution in [0.4, 0.5) is 5.69 Å². The van der Waals surface area contributed by atoms with E-state index in [1.807, 2.05) is 36.4 Å². The predicted molar refractivity (Wildman–Crippen MR) is 108 cm³/mol. The van der Waals surface area contributed by atoms with Crippen molar-refractivity contribution in [1.82, 2.24) is 20.3 Å². The van der Waals surface area contributed by atoms with Gasteiger partial charge in [0.1, 0.15) is 17.2 Å². The minimum Gasteiger partial charge on any atom is -0.497 e. The summed E-state index contributed by atoms with van der Waals surface area (Å²) in [7, 11) is 1.64. The minimum absolute atomic E-state index is 0.451. The highest BCUT2D eigenvalue weighted by atomic mass is 16.5. The Morgan fingerprint density at radius 1 is 1.14 bits per heavy atom. The molecule has 1 fully saturated rings. The Labute approximate surface area is 164 Å². The van der Waals surface area contributed by atoms with Crippen LogP contribution in [0.5, 0.6) is 17.4 Å². The van der Waals surface area contributed by atoms with Crippen LogP contribution in [0.2, 0.25) is 0 Å². The molecule has 2 N–H and O–H groups in total. The number of ether oxygens (including phenoxy) is 2. The Balaban J connectivity index is 1.59. The summed E-state index contributed by atoms with van der Waals surface area (Å²) >= 11 is 0. The van der Waals surface area contributed by atoms with E-state index in [9.17, 15) is 0 Å². The van der Waals surface area contributed by atoms with Gasteiger partial charge < -0.3 is 20.1 Å². The van der Waals surface area contributed by atoms with Crippen LogP contribution in [-0.4, -0.2) is 41.2 Å². The predicted octanol–water partition coefficient (Wildman–Crippen LogP) is 3.50. The van der Waals surface area contributed by atoms with Gasteiger partial charge >= 0.3 is 0 Å². The molecule has 7 heteroatoms. The van der Waals surface area contributed by atoms with Gasteiger partial charge in [-0.15, -0.1) is 0 Å². The van der Waals surface area contributed by atoms with Crippen LogP contribution in [0.25, 0.3) is 11.4 Å². The first-order valence-electron chi connectivity index (χ1n) is 9.38. The smallest absolute Gasteiger partial charge is 0.246 e. The second-order valence-electron chi connectivity index (χ2n) is 6.61. The van der Waals surface area contributed by atoms with Crippen molar-refractivity contribution < 1.29 is 9.47 Å². The van der Waals surface area contributed by atoms with Gasteiger partial charge in [0.2, 0.25) is 5.88 Å². The van der Waals surface area contributed by atoms with Gasteiger partial charge in [-0.1, -0.05) is 0 Å². The van der Waals surface area contributed by atoms with Gasteiger partial charge in [-0.2, -0.15) is 4.98 Å². The Bertz CT molecular complexity index is 896. The highest BCUT2D eigenvalue weighted by molar-refractivity contribution is 5.60. The van der Waals surface area contributed by atoms with Crippen LogP contribution in [0.3, 0.4) is 0 Å². The zero-order chi connectivity index (χ0) is 19.2. The maximum Gasteiger partial charge on any atom is 0.246 e. The number of methoxy groups -OCH3 is 1. The lowest BCUT2D eigenvalue weighted by Gasteiger charge is -2.16. The average Bonchev–Trinajstić information content (AvgIpc) is 3.28. The van der Waals surface area contributed by atoms with Crippen LogP contribution in [0, 0.1) is 0 Å². The maximum atomic E-state index is 6.08.